The van der Waals surface area contributed by atoms with E-state index in [4.69, 9.17) is 0 Å². The Morgan fingerprint density at radius 1 is 1.21 bits per heavy atom. The molecule has 0 aliphatic heterocycles. The number of carbonyl (C=O) groups excluding carboxylic acids is 1. The molecule has 1 aromatic rings. The minimum atomic E-state index is -0.158. The lowest BCUT2D eigenvalue weighted by Crippen LogP contribution is -2.12. The lowest BCUT2D eigenvalue weighted by Gasteiger charge is -2.15. The van der Waals surface area contributed by atoms with E-state index in [0.717, 1.165) is 25.5 Å². The summed E-state index contributed by atoms with van der Waals surface area (Å²) in [6, 6.07) is 10.4. The van der Waals surface area contributed by atoms with Gasteiger partial charge in [0.2, 0.25) is 0 Å². The number of aldehydes is 1. The van der Waals surface area contributed by atoms with Crippen LogP contribution in [0, 0.1) is 5.41 Å². The molecule has 0 heterocycles. The molecule has 14 heavy (non-hydrogen) atoms. The molecule has 0 unspecified atom stereocenters. The summed E-state index contributed by atoms with van der Waals surface area (Å²) >= 11 is 0. The van der Waals surface area contributed by atoms with Crippen molar-refractivity contribution in [2.75, 3.05) is 0 Å². The van der Waals surface area contributed by atoms with Gasteiger partial charge in [0.05, 0.1) is 0 Å². The first-order valence-electron chi connectivity index (χ1n) is 5.14. The normalized spacial score (nSPS) is 11.3. The molecular formula is C13H18O. The summed E-state index contributed by atoms with van der Waals surface area (Å²) in [6.07, 6.45) is 4.16. The van der Waals surface area contributed by atoms with Gasteiger partial charge in [0.1, 0.15) is 6.29 Å². The fraction of sp³-hybridized carbons (Fsp3) is 0.462. The molecule has 1 rings (SSSR count). The van der Waals surface area contributed by atoms with Gasteiger partial charge in [-0.1, -0.05) is 44.2 Å². The van der Waals surface area contributed by atoms with Crippen LogP contribution in [0.4, 0.5) is 0 Å². The smallest absolute Gasteiger partial charge is 0.125 e. The molecule has 0 saturated carbocycles. The maximum Gasteiger partial charge on any atom is 0.125 e. The Bertz CT molecular complexity index is 275. The summed E-state index contributed by atoms with van der Waals surface area (Å²) in [5.74, 6) is 0. The number of rotatable bonds is 5. The third-order valence-electron chi connectivity index (χ3n) is 2.45. The maximum atomic E-state index is 10.7. The second-order valence-corrected chi connectivity index (χ2v) is 4.45. The molecule has 1 heteroatoms. The van der Waals surface area contributed by atoms with E-state index in [2.05, 4.69) is 24.3 Å². The zero-order valence-electron chi connectivity index (χ0n) is 8.99. The minimum absolute atomic E-state index is 0.158. The van der Waals surface area contributed by atoms with Crippen molar-refractivity contribution in [2.45, 2.75) is 33.1 Å². The number of hydrogen-bond acceptors (Lipinski definition) is 1. The van der Waals surface area contributed by atoms with Gasteiger partial charge in [0.25, 0.3) is 0 Å². The predicted molar refractivity (Wildman–Crippen MR) is 59.2 cm³/mol. The van der Waals surface area contributed by atoms with Crippen molar-refractivity contribution in [3.05, 3.63) is 35.9 Å². The van der Waals surface area contributed by atoms with Gasteiger partial charge < -0.3 is 4.79 Å². The summed E-state index contributed by atoms with van der Waals surface area (Å²) in [6.45, 7) is 3.98. The second-order valence-electron chi connectivity index (χ2n) is 4.45. The highest BCUT2D eigenvalue weighted by molar-refractivity contribution is 5.57. The third-order valence-corrected chi connectivity index (χ3v) is 2.45. The van der Waals surface area contributed by atoms with Crippen molar-refractivity contribution in [1.82, 2.24) is 0 Å². The van der Waals surface area contributed by atoms with Crippen LogP contribution in [-0.4, -0.2) is 6.29 Å². The van der Waals surface area contributed by atoms with Crippen molar-refractivity contribution in [2.24, 2.45) is 5.41 Å². The molecule has 0 fully saturated rings. The SMILES string of the molecule is CC(C)(C=O)CCCc1ccccc1. The van der Waals surface area contributed by atoms with Crippen LogP contribution in [-0.2, 0) is 11.2 Å². The van der Waals surface area contributed by atoms with Gasteiger partial charge in [-0.15, -0.1) is 0 Å². The van der Waals surface area contributed by atoms with Crippen molar-refractivity contribution in [3.8, 4) is 0 Å². The van der Waals surface area contributed by atoms with E-state index in [1.54, 1.807) is 0 Å². The molecular weight excluding hydrogens is 172 g/mol. The van der Waals surface area contributed by atoms with Gasteiger partial charge in [-0.3, -0.25) is 0 Å². The highest BCUT2D eigenvalue weighted by Crippen LogP contribution is 2.20. The van der Waals surface area contributed by atoms with Crippen molar-refractivity contribution in [1.29, 1.82) is 0 Å². The van der Waals surface area contributed by atoms with Crippen LogP contribution in [0.25, 0.3) is 0 Å². The predicted octanol–water partition coefficient (Wildman–Crippen LogP) is 3.23. The molecule has 0 radical (unpaired) electrons. The zero-order valence-corrected chi connectivity index (χ0v) is 8.99. The first-order chi connectivity index (χ1) is 6.64. The average Bonchev–Trinajstić information content (AvgIpc) is 2.19. The summed E-state index contributed by atoms with van der Waals surface area (Å²) in [5, 5.41) is 0. The van der Waals surface area contributed by atoms with Crippen molar-refractivity contribution in [3.63, 3.8) is 0 Å². The monoisotopic (exact) mass is 190 g/mol. The minimum Gasteiger partial charge on any atom is -0.303 e. The largest absolute Gasteiger partial charge is 0.303 e. The average molecular weight is 190 g/mol. The zero-order chi connectivity index (χ0) is 10.4. The molecule has 0 N–H and O–H groups in total. The quantitative estimate of drug-likeness (QED) is 0.651. The first kappa shape index (κ1) is 11.0. The number of carbonyl (C=O) groups is 1. The topological polar surface area (TPSA) is 17.1 Å². The van der Waals surface area contributed by atoms with E-state index in [1.807, 2.05) is 19.9 Å². The molecule has 0 amide bonds. The van der Waals surface area contributed by atoms with Gasteiger partial charge in [-0.05, 0) is 24.8 Å². The lowest BCUT2D eigenvalue weighted by atomic mass is 9.88. The van der Waals surface area contributed by atoms with Crippen molar-refractivity contribution < 1.29 is 4.79 Å². The molecule has 0 bridgehead atoms. The molecule has 0 aromatic heterocycles. The molecule has 0 aliphatic carbocycles. The molecule has 0 atom stereocenters. The summed E-state index contributed by atoms with van der Waals surface area (Å²) in [4.78, 5) is 10.7. The number of aryl methyl sites for hydroxylation is 1. The van der Waals surface area contributed by atoms with Crippen LogP contribution < -0.4 is 0 Å². The Balaban J connectivity index is 2.32. The van der Waals surface area contributed by atoms with Crippen LogP contribution in [0.2, 0.25) is 0 Å². The van der Waals surface area contributed by atoms with Gasteiger partial charge in [0.15, 0.2) is 0 Å². The Morgan fingerprint density at radius 3 is 2.43 bits per heavy atom. The fourth-order valence-corrected chi connectivity index (χ4v) is 1.45. The highest BCUT2D eigenvalue weighted by Gasteiger charge is 2.15. The van der Waals surface area contributed by atoms with Gasteiger partial charge in [-0.25, -0.2) is 0 Å². The molecule has 76 valence electrons. The maximum absolute atomic E-state index is 10.7. The Hall–Kier alpha value is -1.11. The summed E-state index contributed by atoms with van der Waals surface area (Å²) < 4.78 is 0. The highest BCUT2D eigenvalue weighted by atomic mass is 16.1. The lowest BCUT2D eigenvalue weighted by molar-refractivity contribution is -0.115. The van der Waals surface area contributed by atoms with E-state index in [9.17, 15) is 4.79 Å². The second kappa shape index (κ2) is 4.94. The Kier molecular flexibility index (Phi) is 3.87. The van der Waals surface area contributed by atoms with Crippen molar-refractivity contribution >= 4 is 6.29 Å². The molecule has 0 saturated heterocycles. The van der Waals surface area contributed by atoms with E-state index >= 15 is 0 Å². The summed E-state index contributed by atoms with van der Waals surface area (Å²) in [7, 11) is 0. The van der Waals surface area contributed by atoms with Crippen LogP contribution >= 0.6 is 0 Å². The van der Waals surface area contributed by atoms with Crippen LogP contribution in [0.15, 0.2) is 30.3 Å². The summed E-state index contributed by atoms with van der Waals surface area (Å²) in [5.41, 5.74) is 1.20. The Morgan fingerprint density at radius 2 is 1.86 bits per heavy atom. The Labute approximate surface area is 86.1 Å². The van der Waals surface area contributed by atoms with E-state index < -0.39 is 0 Å². The van der Waals surface area contributed by atoms with Crippen LogP contribution in [0.3, 0.4) is 0 Å². The van der Waals surface area contributed by atoms with E-state index in [1.165, 1.54) is 5.56 Å². The molecule has 0 spiro atoms. The number of benzene rings is 1. The molecule has 1 aromatic carbocycles. The molecule has 0 aliphatic rings. The number of hydrogen-bond donors (Lipinski definition) is 0. The fourth-order valence-electron chi connectivity index (χ4n) is 1.45. The van der Waals surface area contributed by atoms with Gasteiger partial charge in [0, 0.05) is 5.41 Å². The van der Waals surface area contributed by atoms with Gasteiger partial charge in [-0.2, -0.15) is 0 Å². The van der Waals surface area contributed by atoms with Crippen LogP contribution in [0.1, 0.15) is 32.3 Å². The third kappa shape index (κ3) is 3.73. The first-order valence-corrected chi connectivity index (χ1v) is 5.14. The van der Waals surface area contributed by atoms with Gasteiger partial charge >= 0.3 is 0 Å². The van der Waals surface area contributed by atoms with E-state index in [-0.39, 0.29) is 5.41 Å². The van der Waals surface area contributed by atoms with Crippen LogP contribution in [0.5, 0.6) is 0 Å². The standard InChI is InChI=1S/C13H18O/c1-13(2,11-14)10-6-9-12-7-4-3-5-8-12/h3-5,7-8,11H,6,9-10H2,1-2H3. The van der Waals surface area contributed by atoms with E-state index in [0.29, 0.717) is 0 Å². The molecule has 1 nitrogen and oxygen atoms in total.